The molecule has 6 nitrogen and oxygen atoms in total. The first-order valence-electron chi connectivity index (χ1n) is 9.67. The summed E-state index contributed by atoms with van der Waals surface area (Å²) in [6.07, 6.45) is 1.87. The third-order valence-electron chi connectivity index (χ3n) is 4.59. The molecular weight excluding hydrogens is 370 g/mol. The molecule has 1 aliphatic heterocycles. The minimum atomic E-state index is -0.672. The Morgan fingerprint density at radius 1 is 1.24 bits per heavy atom. The molecule has 4 rings (SSSR count). The summed E-state index contributed by atoms with van der Waals surface area (Å²) in [5, 5.41) is 0.270. The normalized spacial score (nSPS) is 14.4. The van der Waals surface area contributed by atoms with Crippen LogP contribution in [-0.4, -0.2) is 23.4 Å². The summed E-state index contributed by atoms with van der Waals surface area (Å²) in [5.74, 6) is -0.226. The van der Waals surface area contributed by atoms with E-state index in [9.17, 15) is 14.4 Å². The van der Waals surface area contributed by atoms with E-state index in [1.54, 1.807) is 13.0 Å². The summed E-state index contributed by atoms with van der Waals surface area (Å²) < 4.78 is 12.9. The highest BCUT2D eigenvalue weighted by Gasteiger charge is 2.27. The lowest BCUT2D eigenvalue weighted by Gasteiger charge is -2.29. The molecule has 1 unspecified atom stereocenters. The molecule has 29 heavy (non-hydrogen) atoms. The number of esters is 1. The lowest BCUT2D eigenvalue weighted by Crippen LogP contribution is -2.27. The van der Waals surface area contributed by atoms with E-state index in [4.69, 9.17) is 9.47 Å². The van der Waals surface area contributed by atoms with Crippen molar-refractivity contribution in [3.05, 3.63) is 75.6 Å². The predicted molar refractivity (Wildman–Crippen MR) is 111 cm³/mol. The van der Waals surface area contributed by atoms with Gasteiger partial charge in [0.2, 0.25) is 5.43 Å². The number of ether oxygens (including phenoxy) is 2. The van der Waals surface area contributed by atoms with Crippen LogP contribution >= 0.6 is 0 Å². The van der Waals surface area contributed by atoms with Gasteiger partial charge in [-0.25, -0.2) is 4.79 Å². The second kappa shape index (κ2) is 8.73. The number of nitrogens with zero attached hydrogens (tertiary/aromatic N) is 1. The number of carbonyl (C=O) groups excluding carboxylic acids is 2. The summed E-state index contributed by atoms with van der Waals surface area (Å²) >= 11 is 0. The Kier molecular flexibility index (Phi) is 6.12. The van der Waals surface area contributed by atoms with E-state index in [-0.39, 0.29) is 23.7 Å². The highest BCUT2D eigenvalue weighted by molar-refractivity contribution is 5.97. The van der Waals surface area contributed by atoms with Crippen LogP contribution in [0, 0.1) is 0 Å². The van der Waals surface area contributed by atoms with Gasteiger partial charge in [0, 0.05) is 11.8 Å². The molecule has 1 aromatic heterocycles. The van der Waals surface area contributed by atoms with Gasteiger partial charge < -0.3 is 14.0 Å². The molecule has 0 saturated heterocycles. The topological polar surface area (TPSA) is 74.6 Å². The number of pyridine rings is 1. The number of hydrogen-bond donors (Lipinski definition) is 0. The number of aromatic nitrogens is 1. The first-order chi connectivity index (χ1) is 14.1. The zero-order valence-corrected chi connectivity index (χ0v) is 16.7. The fourth-order valence-electron chi connectivity index (χ4n) is 3.39. The van der Waals surface area contributed by atoms with E-state index in [0.717, 1.165) is 5.56 Å². The molecule has 0 fully saturated rings. The van der Waals surface area contributed by atoms with Crippen molar-refractivity contribution in [3.8, 4) is 5.75 Å². The molecular formula is C23H23NO5. The van der Waals surface area contributed by atoms with Crippen molar-refractivity contribution >= 4 is 23.2 Å². The van der Waals surface area contributed by atoms with E-state index in [1.165, 1.54) is 12.3 Å². The Bertz CT molecular complexity index is 1100. The molecule has 0 amide bonds. The van der Waals surface area contributed by atoms with Crippen LogP contribution in [0.3, 0.4) is 0 Å². The van der Waals surface area contributed by atoms with Crippen molar-refractivity contribution in [1.29, 1.82) is 0 Å². The third kappa shape index (κ3) is 3.78. The maximum Gasteiger partial charge on any atom is 0.343 e. The molecule has 2 aromatic carbocycles. The lowest BCUT2D eigenvalue weighted by molar-refractivity contribution is 0.0523. The smallest absolute Gasteiger partial charge is 0.343 e. The Morgan fingerprint density at radius 2 is 1.97 bits per heavy atom. The van der Waals surface area contributed by atoms with Gasteiger partial charge in [-0.05, 0) is 24.6 Å². The standard InChI is InChI=1S/C21H17NO5.C2H6/c1-2-26-21(25)16-10-22-11-18(14-6-4-3-5-7-14)27-17-9-13(12-23)8-15(19(17)22)20(16)24;1-2/h3-10,12,18H,2,11H2,1H3;1-2H3. The second-order valence-electron chi connectivity index (χ2n) is 6.29. The van der Waals surface area contributed by atoms with E-state index in [1.807, 2.05) is 48.7 Å². The quantitative estimate of drug-likeness (QED) is 0.492. The Balaban J connectivity index is 0.00000117. The molecule has 1 atom stereocenters. The zero-order valence-electron chi connectivity index (χ0n) is 16.7. The van der Waals surface area contributed by atoms with Gasteiger partial charge in [-0.2, -0.15) is 0 Å². The van der Waals surface area contributed by atoms with Crippen molar-refractivity contribution in [2.45, 2.75) is 33.4 Å². The summed E-state index contributed by atoms with van der Waals surface area (Å²) in [6.45, 7) is 6.29. The zero-order chi connectivity index (χ0) is 21.0. The van der Waals surface area contributed by atoms with E-state index < -0.39 is 11.4 Å². The average molecular weight is 393 g/mol. The molecule has 0 spiro atoms. The highest BCUT2D eigenvalue weighted by atomic mass is 16.5. The maximum absolute atomic E-state index is 12.8. The van der Waals surface area contributed by atoms with E-state index in [2.05, 4.69) is 0 Å². The van der Waals surface area contributed by atoms with Crippen LogP contribution in [0.2, 0.25) is 0 Å². The number of carbonyl (C=O) groups is 2. The van der Waals surface area contributed by atoms with Crippen molar-refractivity contribution in [2.75, 3.05) is 6.61 Å². The molecule has 1 aliphatic rings. The molecule has 2 heterocycles. The minimum absolute atomic E-state index is 0.0490. The van der Waals surface area contributed by atoms with Gasteiger partial charge in [0.1, 0.15) is 23.7 Å². The van der Waals surface area contributed by atoms with Crippen molar-refractivity contribution in [3.63, 3.8) is 0 Å². The van der Waals surface area contributed by atoms with Crippen LogP contribution in [0.4, 0.5) is 0 Å². The van der Waals surface area contributed by atoms with Crippen LogP contribution < -0.4 is 10.2 Å². The maximum atomic E-state index is 12.8. The predicted octanol–water partition coefficient (Wildman–Crippen LogP) is 4.15. The monoisotopic (exact) mass is 393 g/mol. The number of benzene rings is 2. The lowest BCUT2D eigenvalue weighted by atomic mass is 10.0. The fraction of sp³-hybridized carbons (Fsp3) is 0.261. The second-order valence-corrected chi connectivity index (χ2v) is 6.29. The first-order valence-corrected chi connectivity index (χ1v) is 9.67. The average Bonchev–Trinajstić information content (AvgIpc) is 2.77. The van der Waals surface area contributed by atoms with Gasteiger partial charge in [0.05, 0.1) is 24.1 Å². The van der Waals surface area contributed by atoms with Crippen LogP contribution in [0.15, 0.2) is 53.5 Å². The Hall–Kier alpha value is -3.41. The molecule has 6 heteroatoms. The molecule has 0 bridgehead atoms. The van der Waals surface area contributed by atoms with Crippen LogP contribution in [-0.2, 0) is 11.3 Å². The molecule has 3 aromatic rings. The SMILES string of the molecule is CC.CCOC(=O)c1cn2c3c(cc(C=O)cc3c1=O)OC(c1ccccc1)C2. The summed E-state index contributed by atoms with van der Waals surface area (Å²) in [5.41, 5.74) is 1.34. The number of aldehydes is 1. The van der Waals surface area contributed by atoms with Gasteiger partial charge in [-0.15, -0.1) is 0 Å². The molecule has 0 radical (unpaired) electrons. The summed E-state index contributed by atoms with van der Waals surface area (Å²) in [7, 11) is 0. The summed E-state index contributed by atoms with van der Waals surface area (Å²) in [6, 6.07) is 12.8. The molecule has 150 valence electrons. The third-order valence-corrected chi connectivity index (χ3v) is 4.59. The van der Waals surface area contributed by atoms with Crippen molar-refractivity contribution in [2.24, 2.45) is 0 Å². The molecule has 0 saturated carbocycles. The minimum Gasteiger partial charge on any atom is -0.482 e. The van der Waals surface area contributed by atoms with Gasteiger partial charge in [-0.3, -0.25) is 9.59 Å². The number of hydrogen-bond acceptors (Lipinski definition) is 5. The molecule has 0 N–H and O–H groups in total. The summed E-state index contributed by atoms with van der Waals surface area (Å²) in [4.78, 5) is 36.4. The van der Waals surface area contributed by atoms with Gasteiger partial charge >= 0.3 is 5.97 Å². The number of rotatable bonds is 4. The van der Waals surface area contributed by atoms with Crippen LogP contribution in [0.1, 0.15) is 53.2 Å². The first kappa shape index (κ1) is 20.3. The van der Waals surface area contributed by atoms with E-state index >= 15 is 0 Å². The van der Waals surface area contributed by atoms with Crippen LogP contribution in [0.5, 0.6) is 5.75 Å². The van der Waals surface area contributed by atoms with E-state index in [0.29, 0.717) is 29.7 Å². The fourth-order valence-corrected chi connectivity index (χ4v) is 3.39. The van der Waals surface area contributed by atoms with Gasteiger partial charge in [-0.1, -0.05) is 44.2 Å². The van der Waals surface area contributed by atoms with Crippen molar-refractivity contribution < 1.29 is 19.1 Å². The highest BCUT2D eigenvalue weighted by Crippen LogP contribution is 2.35. The molecule has 0 aliphatic carbocycles. The van der Waals surface area contributed by atoms with Gasteiger partial charge in [0.15, 0.2) is 0 Å². The van der Waals surface area contributed by atoms with Crippen molar-refractivity contribution in [1.82, 2.24) is 4.57 Å². The van der Waals surface area contributed by atoms with Crippen LogP contribution in [0.25, 0.3) is 10.9 Å². The Labute approximate surface area is 168 Å². The Morgan fingerprint density at radius 3 is 2.62 bits per heavy atom. The van der Waals surface area contributed by atoms with Gasteiger partial charge in [0.25, 0.3) is 0 Å². The largest absolute Gasteiger partial charge is 0.482 e.